The van der Waals surface area contributed by atoms with Crippen LogP contribution in [0.4, 0.5) is 18.9 Å². The molecule has 0 aliphatic carbocycles. The summed E-state index contributed by atoms with van der Waals surface area (Å²) in [7, 11) is -5.39. The van der Waals surface area contributed by atoms with Crippen molar-refractivity contribution < 1.29 is 31.1 Å². The van der Waals surface area contributed by atoms with Crippen molar-refractivity contribution in [2.24, 2.45) is 0 Å². The SMILES string of the molecule is CC(C)(C)OC(=O)c1cc(CN2CN(c3ccc(S(=O)(=O)C(F)(F)F)cc3)CC2(C)C)ccn1. The Hall–Kier alpha value is -2.66. The molecule has 0 bridgehead atoms. The maximum absolute atomic E-state index is 12.8. The smallest absolute Gasteiger partial charge is 0.455 e. The predicted octanol–water partition coefficient (Wildman–Crippen LogP) is 4.39. The van der Waals surface area contributed by atoms with Gasteiger partial charge >= 0.3 is 11.5 Å². The Bertz CT molecular complexity index is 1160. The molecule has 7 nitrogen and oxygen atoms in total. The van der Waals surface area contributed by atoms with Gasteiger partial charge in [-0.25, -0.2) is 18.2 Å². The lowest BCUT2D eigenvalue weighted by Crippen LogP contribution is -2.39. The monoisotopic (exact) mass is 499 g/mol. The van der Waals surface area contributed by atoms with Crippen molar-refractivity contribution in [2.75, 3.05) is 18.1 Å². The van der Waals surface area contributed by atoms with Gasteiger partial charge in [0.05, 0.1) is 11.6 Å². The first-order chi connectivity index (χ1) is 15.5. The van der Waals surface area contributed by atoms with Crippen molar-refractivity contribution in [2.45, 2.75) is 62.7 Å². The highest BCUT2D eigenvalue weighted by atomic mass is 32.2. The number of anilines is 1. The molecule has 0 saturated carbocycles. The molecule has 0 spiro atoms. The molecule has 11 heteroatoms. The number of benzene rings is 1. The van der Waals surface area contributed by atoms with Crippen LogP contribution in [0.15, 0.2) is 47.5 Å². The van der Waals surface area contributed by atoms with Gasteiger partial charge in [0, 0.05) is 30.5 Å². The molecule has 2 heterocycles. The summed E-state index contributed by atoms with van der Waals surface area (Å²) in [4.78, 5) is 19.8. The highest BCUT2D eigenvalue weighted by Crippen LogP contribution is 2.34. The number of halogens is 3. The summed E-state index contributed by atoms with van der Waals surface area (Å²) in [6.07, 6.45) is 1.55. The van der Waals surface area contributed by atoms with E-state index in [0.717, 1.165) is 17.7 Å². The number of ether oxygens (including phenoxy) is 1. The van der Waals surface area contributed by atoms with Gasteiger partial charge < -0.3 is 9.64 Å². The number of rotatable bonds is 5. The molecule has 1 aromatic carbocycles. The quantitative estimate of drug-likeness (QED) is 0.565. The van der Waals surface area contributed by atoms with Crippen LogP contribution >= 0.6 is 0 Å². The van der Waals surface area contributed by atoms with Gasteiger partial charge in [-0.1, -0.05) is 0 Å². The van der Waals surface area contributed by atoms with E-state index < -0.39 is 31.8 Å². The van der Waals surface area contributed by atoms with Gasteiger partial charge in [0.1, 0.15) is 11.3 Å². The summed E-state index contributed by atoms with van der Waals surface area (Å²) in [5, 5.41) is 0. The van der Waals surface area contributed by atoms with Gasteiger partial charge in [-0.3, -0.25) is 4.90 Å². The van der Waals surface area contributed by atoms with Crippen molar-refractivity contribution in [1.82, 2.24) is 9.88 Å². The van der Waals surface area contributed by atoms with E-state index in [1.807, 2.05) is 24.8 Å². The third-order valence-electron chi connectivity index (χ3n) is 5.40. The number of aromatic nitrogens is 1. The molecular formula is C23H28F3N3O4S. The van der Waals surface area contributed by atoms with E-state index >= 15 is 0 Å². The van der Waals surface area contributed by atoms with Gasteiger partial charge in [0.2, 0.25) is 0 Å². The van der Waals surface area contributed by atoms with Crippen LogP contribution in [0.3, 0.4) is 0 Å². The van der Waals surface area contributed by atoms with E-state index in [1.54, 1.807) is 33.0 Å². The number of hydrogen-bond donors (Lipinski definition) is 0. The minimum atomic E-state index is -5.39. The number of pyridine rings is 1. The molecular weight excluding hydrogens is 471 g/mol. The van der Waals surface area contributed by atoms with Crippen LogP contribution in [0.1, 0.15) is 50.7 Å². The van der Waals surface area contributed by atoms with E-state index in [1.165, 1.54) is 12.1 Å². The first-order valence-electron chi connectivity index (χ1n) is 10.6. The number of alkyl halides is 3. The standard InChI is InChI=1S/C23H28F3N3O4S/c1-21(2,3)33-20(30)19-12-16(10-11-27-19)13-29-15-28(14-22(29,4)5)17-6-8-18(9-7-17)34(31,32)23(24,25)26/h6-12H,13-15H2,1-5H3. The van der Waals surface area contributed by atoms with E-state index in [2.05, 4.69) is 9.88 Å². The molecule has 2 aromatic rings. The van der Waals surface area contributed by atoms with Crippen LogP contribution in [-0.2, 0) is 21.1 Å². The van der Waals surface area contributed by atoms with Crippen LogP contribution in [0, 0.1) is 0 Å². The number of hydrogen-bond acceptors (Lipinski definition) is 7. The first-order valence-corrected chi connectivity index (χ1v) is 12.1. The average molecular weight is 500 g/mol. The molecule has 0 amide bonds. The van der Waals surface area contributed by atoms with Gasteiger partial charge in [-0.15, -0.1) is 0 Å². The fraction of sp³-hybridized carbons (Fsp3) is 0.478. The highest BCUT2D eigenvalue weighted by molar-refractivity contribution is 7.92. The predicted molar refractivity (Wildman–Crippen MR) is 121 cm³/mol. The number of nitrogens with zero attached hydrogens (tertiary/aromatic N) is 3. The van der Waals surface area contributed by atoms with Gasteiger partial charge in [0.25, 0.3) is 9.84 Å². The Morgan fingerprint density at radius 1 is 1.12 bits per heavy atom. The topological polar surface area (TPSA) is 79.8 Å². The molecule has 34 heavy (non-hydrogen) atoms. The molecule has 0 atom stereocenters. The fourth-order valence-corrected chi connectivity index (χ4v) is 4.42. The molecule has 186 valence electrons. The summed E-state index contributed by atoms with van der Waals surface area (Å²) < 4.78 is 67.0. The number of sulfone groups is 1. The first kappa shape index (κ1) is 26.0. The van der Waals surface area contributed by atoms with Crippen LogP contribution in [-0.4, -0.2) is 54.1 Å². The summed E-state index contributed by atoms with van der Waals surface area (Å²) >= 11 is 0. The second-order valence-electron chi connectivity index (χ2n) is 9.84. The minimum Gasteiger partial charge on any atom is -0.455 e. The zero-order valence-corrected chi connectivity index (χ0v) is 20.5. The Morgan fingerprint density at radius 3 is 2.29 bits per heavy atom. The van der Waals surface area contributed by atoms with Crippen molar-refractivity contribution in [3.05, 3.63) is 53.9 Å². The summed E-state index contributed by atoms with van der Waals surface area (Å²) in [5.74, 6) is -0.509. The fourth-order valence-electron chi connectivity index (χ4n) is 3.66. The lowest BCUT2D eigenvalue weighted by Gasteiger charge is -2.29. The van der Waals surface area contributed by atoms with Crippen molar-refractivity contribution in [3.63, 3.8) is 0 Å². The average Bonchev–Trinajstić information content (AvgIpc) is 3.00. The van der Waals surface area contributed by atoms with Crippen LogP contribution in [0.25, 0.3) is 0 Å². The Kier molecular flexibility index (Phi) is 6.75. The zero-order chi connectivity index (χ0) is 25.5. The van der Waals surface area contributed by atoms with E-state index in [4.69, 9.17) is 4.74 Å². The molecule has 0 unspecified atom stereocenters. The van der Waals surface area contributed by atoms with Crippen molar-refractivity contribution >= 4 is 21.5 Å². The summed E-state index contributed by atoms with van der Waals surface area (Å²) in [6, 6.07) is 8.21. The molecule has 1 aliphatic heterocycles. The summed E-state index contributed by atoms with van der Waals surface area (Å²) in [6.45, 7) is 10.9. The Morgan fingerprint density at radius 2 is 1.74 bits per heavy atom. The third kappa shape index (κ3) is 5.69. The van der Waals surface area contributed by atoms with E-state index in [0.29, 0.717) is 25.4 Å². The Labute approximate surface area is 197 Å². The maximum Gasteiger partial charge on any atom is 0.501 e. The lowest BCUT2D eigenvalue weighted by atomic mass is 10.0. The lowest BCUT2D eigenvalue weighted by molar-refractivity contribution is -0.0436. The van der Waals surface area contributed by atoms with Crippen LogP contribution < -0.4 is 4.90 Å². The van der Waals surface area contributed by atoms with Gasteiger partial charge in [-0.05, 0) is 76.6 Å². The molecule has 0 N–H and O–H groups in total. The molecule has 3 rings (SSSR count). The Balaban J connectivity index is 1.75. The highest BCUT2D eigenvalue weighted by Gasteiger charge is 2.47. The molecule has 0 radical (unpaired) electrons. The number of carbonyl (C=O) groups excluding carboxylic acids is 1. The molecule has 1 aliphatic rings. The van der Waals surface area contributed by atoms with Crippen LogP contribution in [0.2, 0.25) is 0 Å². The largest absolute Gasteiger partial charge is 0.501 e. The molecule has 1 aromatic heterocycles. The van der Waals surface area contributed by atoms with Gasteiger partial charge in [0.15, 0.2) is 0 Å². The molecule has 1 fully saturated rings. The second-order valence-corrected chi connectivity index (χ2v) is 11.8. The van der Waals surface area contributed by atoms with Crippen molar-refractivity contribution in [1.29, 1.82) is 0 Å². The third-order valence-corrected chi connectivity index (χ3v) is 6.90. The molecule has 1 saturated heterocycles. The number of esters is 1. The van der Waals surface area contributed by atoms with Crippen molar-refractivity contribution in [3.8, 4) is 0 Å². The zero-order valence-electron chi connectivity index (χ0n) is 19.7. The van der Waals surface area contributed by atoms with Gasteiger partial charge in [-0.2, -0.15) is 13.2 Å². The van der Waals surface area contributed by atoms with E-state index in [9.17, 15) is 26.4 Å². The maximum atomic E-state index is 12.8. The second kappa shape index (κ2) is 8.84. The minimum absolute atomic E-state index is 0.211. The van der Waals surface area contributed by atoms with Crippen LogP contribution in [0.5, 0.6) is 0 Å². The normalized spacial score (nSPS) is 17.1. The van der Waals surface area contributed by atoms with E-state index in [-0.39, 0.29) is 11.2 Å². The summed E-state index contributed by atoms with van der Waals surface area (Å²) in [5.41, 5.74) is -4.60. The number of carbonyl (C=O) groups is 1.